The number of anilines is 1. The summed E-state index contributed by atoms with van der Waals surface area (Å²) in [7, 11) is 0. The van der Waals surface area contributed by atoms with Gasteiger partial charge in [0.1, 0.15) is 12.7 Å². The monoisotopic (exact) mass is 603 g/mol. The number of fused-ring (bicyclic) bond motifs is 1. The Labute approximate surface area is 249 Å². The summed E-state index contributed by atoms with van der Waals surface area (Å²) in [5.41, 5.74) is 1.48. The van der Waals surface area contributed by atoms with Crippen LogP contribution < -0.4 is 5.32 Å². The number of carbonyl (C=O) groups is 3. The van der Waals surface area contributed by atoms with Gasteiger partial charge in [0.15, 0.2) is 6.23 Å². The minimum absolute atomic E-state index is 0. The maximum Gasteiger partial charge on any atom is 0.338 e. The Morgan fingerprint density at radius 2 is 1.69 bits per heavy atom. The summed E-state index contributed by atoms with van der Waals surface area (Å²) in [5, 5.41) is 2.68. The Morgan fingerprint density at radius 1 is 1.03 bits per heavy atom. The number of aromatic nitrogens is 4. The van der Waals surface area contributed by atoms with Gasteiger partial charge in [-0.25, -0.2) is 9.59 Å². The molecule has 39 heavy (non-hydrogen) atoms. The van der Waals surface area contributed by atoms with E-state index in [-0.39, 0.29) is 63.9 Å². The van der Waals surface area contributed by atoms with Crippen molar-refractivity contribution in [1.82, 2.24) is 19.5 Å². The topological polar surface area (TPSA) is 135 Å². The van der Waals surface area contributed by atoms with Gasteiger partial charge in [-0.3, -0.25) is 9.78 Å². The predicted octanol–water partition coefficient (Wildman–Crippen LogP) is 3.34. The molecule has 0 aliphatic carbocycles. The van der Waals surface area contributed by atoms with Crippen molar-refractivity contribution in [3.8, 4) is 0 Å². The molecule has 12 heteroatoms. The van der Waals surface area contributed by atoms with E-state index in [0.717, 1.165) is 0 Å². The molecule has 197 valence electrons. The van der Waals surface area contributed by atoms with Gasteiger partial charge in [0, 0.05) is 63.2 Å². The third kappa shape index (κ3) is 6.55. The van der Waals surface area contributed by atoms with Crippen molar-refractivity contribution in [2.75, 3.05) is 11.9 Å². The molecule has 1 N–H and O–H groups in total. The number of hydrogen-bond acceptors (Lipinski definition) is 9. The van der Waals surface area contributed by atoms with Crippen molar-refractivity contribution in [1.29, 1.82) is 0 Å². The molecule has 1 aliphatic rings. The van der Waals surface area contributed by atoms with Crippen LogP contribution in [0.15, 0.2) is 67.0 Å². The van der Waals surface area contributed by atoms with E-state index in [4.69, 9.17) is 14.2 Å². The number of benzene rings is 2. The molecule has 1 fully saturated rings. The van der Waals surface area contributed by atoms with E-state index < -0.39 is 30.4 Å². The maximum atomic E-state index is 12.9. The predicted molar refractivity (Wildman–Crippen MR) is 134 cm³/mol. The largest absolute Gasteiger partial charge is 0.459 e. The molecule has 0 bridgehead atoms. The van der Waals surface area contributed by atoms with Crippen LogP contribution >= 0.6 is 0 Å². The second kappa shape index (κ2) is 13.0. The fourth-order valence-corrected chi connectivity index (χ4v) is 4.08. The Balaban J connectivity index is 0.00000353. The van der Waals surface area contributed by atoms with E-state index in [2.05, 4.69) is 26.6 Å². The van der Waals surface area contributed by atoms with Gasteiger partial charge in [-0.05, 0) is 24.3 Å². The molecule has 4 aromatic rings. The number of ether oxygens (including phenoxy) is 3. The van der Waals surface area contributed by atoms with Crippen LogP contribution in [0, 0.1) is 6.33 Å². The standard InChI is InChI=1S/C27H24N5O6.Y/c1-2-21(33)31-23-22-24(29-15-28-23)32(16-30-22)25-20(38-27(35)18-11-7-4-8-12-18)13-19(37-25)14-36-26(34)17-9-5-3-6-10-17;/h3-12,16,19-20,25H,2,13-14H2,1H3,(H,28,29,31,33);/q-1;/t19-,20-,25+;/m0./s1. The number of imidazole rings is 1. The van der Waals surface area contributed by atoms with Crippen molar-refractivity contribution >= 4 is 34.8 Å². The van der Waals surface area contributed by atoms with Crippen LogP contribution in [-0.4, -0.2) is 56.2 Å². The Hall–Kier alpha value is -3.54. The number of nitrogens with one attached hydrogen (secondary N) is 1. The summed E-state index contributed by atoms with van der Waals surface area (Å²) in [5.74, 6) is -1.03. The zero-order chi connectivity index (χ0) is 26.5. The quantitative estimate of drug-likeness (QED) is 0.238. The smallest absolute Gasteiger partial charge is 0.338 e. The second-order valence-electron chi connectivity index (χ2n) is 8.56. The minimum atomic E-state index is -0.828. The number of carbonyl (C=O) groups excluding carboxylic acids is 3. The molecule has 5 rings (SSSR count). The van der Waals surface area contributed by atoms with Crippen LogP contribution in [-0.2, 0) is 51.7 Å². The first-order valence-corrected chi connectivity index (χ1v) is 12.1. The van der Waals surface area contributed by atoms with Crippen molar-refractivity contribution in [2.45, 2.75) is 38.2 Å². The van der Waals surface area contributed by atoms with Gasteiger partial charge < -0.3 is 34.1 Å². The molecule has 3 atom stereocenters. The van der Waals surface area contributed by atoms with Gasteiger partial charge in [0.25, 0.3) is 0 Å². The number of amides is 1. The number of esters is 2. The van der Waals surface area contributed by atoms with Crippen molar-refractivity contribution in [2.24, 2.45) is 0 Å². The van der Waals surface area contributed by atoms with E-state index in [9.17, 15) is 14.4 Å². The van der Waals surface area contributed by atoms with Gasteiger partial charge in [0.2, 0.25) is 5.91 Å². The average molecular weight is 603 g/mol. The molecule has 3 heterocycles. The third-order valence-electron chi connectivity index (χ3n) is 5.99. The summed E-state index contributed by atoms with van der Waals surface area (Å²) in [6.45, 7) is 1.67. The molecule has 0 unspecified atom stereocenters. The third-order valence-corrected chi connectivity index (χ3v) is 5.99. The van der Waals surface area contributed by atoms with Gasteiger partial charge >= 0.3 is 11.9 Å². The molecule has 2 aromatic heterocycles. The SMILES string of the molecule is CCC(=O)Nc1n[c-]nc2c1ncn2[C@@H]1O[C@H](COC(=O)c2ccccc2)C[C@@H]1OC(=O)c1ccccc1.[Y]. The molecular formula is C27H24N5O6Y-. The van der Waals surface area contributed by atoms with Gasteiger partial charge in [-0.2, -0.15) is 0 Å². The zero-order valence-corrected chi connectivity index (χ0v) is 23.9. The van der Waals surface area contributed by atoms with Gasteiger partial charge in [0.05, 0.1) is 29.2 Å². The van der Waals surface area contributed by atoms with Crippen molar-refractivity contribution in [3.63, 3.8) is 0 Å². The van der Waals surface area contributed by atoms with Crippen LogP contribution in [0.3, 0.4) is 0 Å². The summed E-state index contributed by atoms with van der Waals surface area (Å²) in [4.78, 5) is 49.8. The normalized spacial score (nSPS) is 18.2. The molecule has 1 radical (unpaired) electrons. The van der Waals surface area contributed by atoms with E-state index in [1.807, 2.05) is 6.07 Å². The second-order valence-corrected chi connectivity index (χ2v) is 8.56. The van der Waals surface area contributed by atoms with Crippen molar-refractivity contribution < 1.29 is 61.3 Å². The fourth-order valence-electron chi connectivity index (χ4n) is 4.08. The van der Waals surface area contributed by atoms with Crippen LogP contribution in [0.1, 0.15) is 46.7 Å². The number of rotatable bonds is 8. The van der Waals surface area contributed by atoms with E-state index >= 15 is 0 Å². The molecule has 0 spiro atoms. The molecule has 11 nitrogen and oxygen atoms in total. The minimum Gasteiger partial charge on any atom is -0.459 e. The van der Waals surface area contributed by atoms with E-state index in [0.29, 0.717) is 22.3 Å². The van der Waals surface area contributed by atoms with E-state index in [1.54, 1.807) is 66.1 Å². The van der Waals surface area contributed by atoms with Crippen LogP contribution in [0.5, 0.6) is 0 Å². The first kappa shape index (κ1) is 28.5. The summed E-state index contributed by atoms with van der Waals surface area (Å²) < 4.78 is 19.1. The molecule has 1 saturated heterocycles. The maximum absolute atomic E-state index is 12.9. The van der Waals surface area contributed by atoms with E-state index in [1.165, 1.54) is 6.33 Å². The first-order chi connectivity index (χ1) is 18.5. The average Bonchev–Trinajstić information content (AvgIpc) is 3.57. The molecule has 0 saturated carbocycles. The van der Waals surface area contributed by atoms with Crippen LogP contribution in [0.25, 0.3) is 11.2 Å². The summed E-state index contributed by atoms with van der Waals surface area (Å²) >= 11 is 0. The number of hydrogen-bond donors (Lipinski definition) is 1. The van der Waals surface area contributed by atoms with Gasteiger partial charge in [-0.1, -0.05) is 43.3 Å². The molecule has 1 aliphatic heterocycles. The Morgan fingerprint density at radius 3 is 2.36 bits per heavy atom. The van der Waals surface area contributed by atoms with Crippen LogP contribution in [0.4, 0.5) is 5.82 Å². The Kier molecular flexibility index (Phi) is 9.50. The van der Waals surface area contributed by atoms with Crippen LogP contribution in [0.2, 0.25) is 0 Å². The fraction of sp³-hybridized carbons (Fsp3) is 0.259. The molecule has 2 aromatic carbocycles. The number of nitrogens with zero attached hydrogens (tertiary/aromatic N) is 4. The summed E-state index contributed by atoms with van der Waals surface area (Å²) in [6.07, 6.45) is 2.39. The molecular weight excluding hydrogens is 579 g/mol. The Bertz CT molecular complexity index is 1450. The zero-order valence-electron chi connectivity index (χ0n) is 21.0. The molecule has 1 amide bonds. The summed E-state index contributed by atoms with van der Waals surface area (Å²) in [6, 6.07) is 17.2. The first-order valence-electron chi connectivity index (χ1n) is 12.1. The van der Waals surface area contributed by atoms with Crippen molar-refractivity contribution in [3.05, 3.63) is 84.4 Å². The van der Waals surface area contributed by atoms with Gasteiger partial charge in [-0.15, -0.1) is 0 Å².